The largest absolute Gasteiger partial charge is 0.466 e. The second-order valence-corrected chi connectivity index (χ2v) is 24.6. The Bertz CT molecular complexity index is 1390. The molecule has 0 bridgehead atoms. The number of hydrogen-bond acceptors (Lipinski definition) is 10. The molecule has 1 rings (SSSR count). The number of esters is 1. The molecule has 0 aliphatic carbocycles. The number of nitrogens with one attached hydrogen (secondary N) is 1. The van der Waals surface area contributed by atoms with Gasteiger partial charge in [-0.05, 0) is 57.8 Å². The van der Waals surface area contributed by atoms with Gasteiger partial charge in [0.1, 0.15) is 24.4 Å². The first-order chi connectivity index (χ1) is 39.7. The molecule has 1 amide bonds. The van der Waals surface area contributed by atoms with Crippen LogP contribution in [0.1, 0.15) is 348 Å². The average Bonchev–Trinajstić information content (AvgIpc) is 3.47. The molecule has 7 atom stereocenters. The minimum absolute atomic E-state index is 0.0107. The number of hydrogen-bond donors (Lipinski definition) is 6. The summed E-state index contributed by atoms with van der Waals surface area (Å²) in [6.07, 6.45) is 64.7. The van der Waals surface area contributed by atoms with E-state index in [-0.39, 0.29) is 18.5 Å². The molecule has 0 spiro atoms. The fraction of sp³-hybridized carbons (Fsp3) is 0.914. The number of aliphatic hydroxyl groups is 5. The molecule has 1 fully saturated rings. The van der Waals surface area contributed by atoms with Crippen LogP contribution in [-0.4, -0.2) is 100 Å². The van der Waals surface area contributed by atoms with Crippen molar-refractivity contribution in [1.29, 1.82) is 0 Å². The number of aliphatic hydroxyl groups excluding tert-OH is 5. The molecular formula is C70H133NO10. The lowest BCUT2D eigenvalue weighted by Gasteiger charge is -2.40. The lowest BCUT2D eigenvalue weighted by atomic mass is 9.99. The van der Waals surface area contributed by atoms with Gasteiger partial charge in [0, 0.05) is 12.8 Å². The molecular weight excluding hydrogens is 1010 g/mol. The first kappa shape index (κ1) is 77.2. The lowest BCUT2D eigenvalue weighted by molar-refractivity contribution is -0.302. The number of carbonyl (C=O) groups is 2. The van der Waals surface area contributed by atoms with Gasteiger partial charge in [-0.15, -0.1) is 0 Å². The van der Waals surface area contributed by atoms with E-state index in [1.165, 1.54) is 270 Å². The lowest BCUT2D eigenvalue weighted by Crippen LogP contribution is -2.60. The summed E-state index contributed by atoms with van der Waals surface area (Å²) in [6.45, 7) is 4.35. The number of unbranched alkanes of at least 4 members (excludes halogenated alkanes) is 46. The van der Waals surface area contributed by atoms with Crippen LogP contribution in [0.15, 0.2) is 24.3 Å². The van der Waals surface area contributed by atoms with Gasteiger partial charge in [-0.1, -0.05) is 301 Å². The molecule has 1 aliphatic rings. The number of rotatable bonds is 62. The molecule has 7 unspecified atom stereocenters. The van der Waals surface area contributed by atoms with E-state index in [1.807, 2.05) is 6.08 Å². The van der Waals surface area contributed by atoms with E-state index in [0.29, 0.717) is 19.4 Å². The molecule has 1 aliphatic heterocycles. The van der Waals surface area contributed by atoms with Crippen LogP contribution in [0.2, 0.25) is 0 Å². The van der Waals surface area contributed by atoms with Crippen LogP contribution in [0.3, 0.4) is 0 Å². The van der Waals surface area contributed by atoms with E-state index in [2.05, 4.69) is 31.3 Å². The highest BCUT2D eigenvalue weighted by Crippen LogP contribution is 2.23. The van der Waals surface area contributed by atoms with E-state index < -0.39 is 49.5 Å². The van der Waals surface area contributed by atoms with Crippen LogP contribution < -0.4 is 5.32 Å². The van der Waals surface area contributed by atoms with Crippen molar-refractivity contribution in [3.05, 3.63) is 24.3 Å². The molecule has 1 saturated heterocycles. The topological polar surface area (TPSA) is 175 Å². The van der Waals surface area contributed by atoms with Gasteiger partial charge < -0.3 is 45.1 Å². The van der Waals surface area contributed by atoms with Crippen molar-refractivity contribution in [1.82, 2.24) is 5.32 Å². The van der Waals surface area contributed by atoms with Crippen LogP contribution in [0.25, 0.3) is 0 Å². The maximum Gasteiger partial charge on any atom is 0.305 e. The molecule has 0 radical (unpaired) electrons. The van der Waals surface area contributed by atoms with E-state index in [4.69, 9.17) is 14.2 Å². The SMILES string of the molecule is CCCCCCCCC/C=C/C(O)C(COC1OC(CO)C(O)C(O)C1O)NC(=O)CCCCCCCCCCCCCC/C=C\CCCCCCCCCCCCCCOC(=O)CCCCCCCCCCCCCCCCCC. The summed E-state index contributed by atoms with van der Waals surface area (Å²) in [4.78, 5) is 25.1. The molecule has 11 nitrogen and oxygen atoms in total. The minimum Gasteiger partial charge on any atom is -0.466 e. The summed E-state index contributed by atoms with van der Waals surface area (Å²) in [5.74, 6) is -0.172. The normalized spacial score (nSPS) is 18.3. The quantitative estimate of drug-likeness (QED) is 0.0195. The zero-order chi connectivity index (χ0) is 58.7. The van der Waals surface area contributed by atoms with Crippen LogP contribution in [0, 0.1) is 0 Å². The maximum atomic E-state index is 13.0. The van der Waals surface area contributed by atoms with E-state index in [9.17, 15) is 35.1 Å². The van der Waals surface area contributed by atoms with Crippen molar-refractivity contribution < 1.29 is 49.3 Å². The zero-order valence-electron chi connectivity index (χ0n) is 53.0. The first-order valence-corrected chi connectivity index (χ1v) is 35.1. The average molecular weight is 1150 g/mol. The summed E-state index contributed by atoms with van der Waals surface area (Å²) < 4.78 is 16.7. The van der Waals surface area contributed by atoms with Gasteiger partial charge >= 0.3 is 5.97 Å². The maximum absolute atomic E-state index is 13.0. The smallest absolute Gasteiger partial charge is 0.305 e. The van der Waals surface area contributed by atoms with Crippen LogP contribution in [0.5, 0.6) is 0 Å². The summed E-state index contributed by atoms with van der Waals surface area (Å²) in [5.41, 5.74) is 0. The van der Waals surface area contributed by atoms with Gasteiger partial charge in [-0.2, -0.15) is 0 Å². The Hall–Kier alpha value is -1.86. The van der Waals surface area contributed by atoms with Crippen molar-refractivity contribution in [2.24, 2.45) is 0 Å². The predicted molar refractivity (Wildman–Crippen MR) is 338 cm³/mol. The van der Waals surface area contributed by atoms with Crippen molar-refractivity contribution in [2.75, 3.05) is 19.8 Å². The number of amides is 1. The predicted octanol–water partition coefficient (Wildman–Crippen LogP) is 17.6. The third-order valence-electron chi connectivity index (χ3n) is 16.8. The molecule has 1 heterocycles. The van der Waals surface area contributed by atoms with Crippen molar-refractivity contribution in [3.8, 4) is 0 Å². The Morgan fingerprint density at radius 2 is 0.790 bits per heavy atom. The molecule has 0 aromatic rings. The third-order valence-corrected chi connectivity index (χ3v) is 16.8. The highest BCUT2D eigenvalue weighted by molar-refractivity contribution is 5.76. The Labute approximate surface area is 499 Å². The van der Waals surface area contributed by atoms with Gasteiger partial charge in [0.2, 0.25) is 5.91 Å². The van der Waals surface area contributed by atoms with Gasteiger partial charge in [-0.3, -0.25) is 9.59 Å². The first-order valence-electron chi connectivity index (χ1n) is 35.1. The van der Waals surface area contributed by atoms with Crippen molar-refractivity contribution >= 4 is 11.9 Å². The molecule has 11 heteroatoms. The highest BCUT2D eigenvalue weighted by atomic mass is 16.7. The number of allylic oxidation sites excluding steroid dienone is 3. The molecule has 0 aromatic carbocycles. The fourth-order valence-electron chi connectivity index (χ4n) is 11.3. The second-order valence-electron chi connectivity index (χ2n) is 24.6. The molecule has 81 heavy (non-hydrogen) atoms. The van der Waals surface area contributed by atoms with Crippen LogP contribution in [-0.2, 0) is 23.8 Å². The highest BCUT2D eigenvalue weighted by Gasteiger charge is 2.44. The van der Waals surface area contributed by atoms with Crippen LogP contribution in [0.4, 0.5) is 0 Å². The number of carbonyl (C=O) groups excluding carboxylic acids is 2. The van der Waals surface area contributed by atoms with Gasteiger partial charge in [0.15, 0.2) is 6.29 Å². The number of ether oxygens (including phenoxy) is 3. The molecule has 0 aromatic heterocycles. The van der Waals surface area contributed by atoms with Gasteiger partial charge in [0.05, 0.1) is 32.0 Å². The third kappa shape index (κ3) is 49.0. The van der Waals surface area contributed by atoms with E-state index in [0.717, 1.165) is 51.4 Å². The summed E-state index contributed by atoms with van der Waals surface area (Å²) in [6, 6.07) is -0.808. The van der Waals surface area contributed by atoms with E-state index >= 15 is 0 Å². The summed E-state index contributed by atoms with van der Waals surface area (Å²) in [7, 11) is 0. The Kier molecular flexibility index (Phi) is 57.0. The van der Waals surface area contributed by atoms with Gasteiger partial charge in [-0.25, -0.2) is 0 Å². The zero-order valence-corrected chi connectivity index (χ0v) is 53.0. The molecule has 478 valence electrons. The minimum atomic E-state index is -1.57. The fourth-order valence-corrected chi connectivity index (χ4v) is 11.3. The van der Waals surface area contributed by atoms with Crippen LogP contribution >= 0.6 is 0 Å². The van der Waals surface area contributed by atoms with E-state index in [1.54, 1.807) is 6.08 Å². The van der Waals surface area contributed by atoms with Gasteiger partial charge in [0.25, 0.3) is 0 Å². The Morgan fingerprint density at radius 1 is 0.444 bits per heavy atom. The Morgan fingerprint density at radius 3 is 1.19 bits per heavy atom. The summed E-state index contributed by atoms with van der Waals surface area (Å²) in [5, 5.41) is 54.3. The molecule has 0 saturated carbocycles. The second kappa shape index (κ2) is 59.9. The Balaban J connectivity index is 1.92. The monoisotopic (exact) mass is 1150 g/mol. The van der Waals surface area contributed by atoms with Crippen molar-refractivity contribution in [3.63, 3.8) is 0 Å². The standard InChI is InChI=1S/C70H133NO10/c1-3-5-7-9-11-13-14-15-16-32-35-38-42-46-50-54-58-66(75)79-59-55-51-47-43-39-36-33-30-28-26-24-22-20-18-17-19-21-23-25-27-29-31-34-37-41-45-49-53-57-65(74)71-62(63(73)56-52-48-44-40-12-10-8-6-4-2)61-80-70-69(78)68(77)67(76)64(60-72)81-70/h17-18,52,56,62-64,67-70,72-73,76-78H,3-16,19-51,53-55,57-61H2,1-2H3,(H,71,74)/b18-17-,56-52+. The van der Waals surface area contributed by atoms with Crippen molar-refractivity contribution in [2.45, 2.75) is 391 Å². The summed E-state index contributed by atoms with van der Waals surface area (Å²) >= 11 is 0. The molecule has 6 N–H and O–H groups in total.